The number of halogens is 4. The molecule has 2 rings (SSSR count). The normalized spacial score (nSPS) is 21.5. The number of nitrogens with zero attached hydrogens (tertiary/aromatic N) is 5. The van der Waals surface area contributed by atoms with Crippen LogP contribution >= 0.6 is 11.6 Å². The first-order valence-corrected chi connectivity index (χ1v) is 6.34. The summed E-state index contributed by atoms with van der Waals surface area (Å²) in [6.45, 7) is 1.67. The van der Waals surface area contributed by atoms with Crippen LogP contribution in [-0.2, 0) is 5.41 Å². The number of hydrogen-bond acceptors (Lipinski definition) is 5. The Bertz CT molecular complexity index is 662. The number of ether oxygens (including phenoxy) is 1. The zero-order valence-corrected chi connectivity index (χ0v) is 11.9. The first-order chi connectivity index (χ1) is 10.2. The fourth-order valence-corrected chi connectivity index (χ4v) is 2.41. The number of pyridine rings is 1. The van der Waals surface area contributed by atoms with Crippen LogP contribution in [0, 0.1) is 4.91 Å². The molecule has 0 saturated carbocycles. The van der Waals surface area contributed by atoms with Crippen LogP contribution in [0.4, 0.5) is 13.2 Å². The van der Waals surface area contributed by atoms with Crippen LogP contribution in [0.25, 0.3) is 10.4 Å². The standard InChI is InChI=1S/C11H9ClF3N5O2/c1-10(3-17-20-16)4-22-7-5(10)2-6(18-9(7)12)8(19-21)11(13,14)15/h2,8H,3-4H2,1H3. The van der Waals surface area contributed by atoms with E-state index in [0.29, 0.717) is 5.56 Å². The minimum absolute atomic E-state index is 0.0402. The molecule has 2 atom stereocenters. The van der Waals surface area contributed by atoms with Crippen molar-refractivity contribution < 1.29 is 17.9 Å². The number of hydrogen-bond donors (Lipinski definition) is 0. The molecule has 0 fully saturated rings. The summed E-state index contributed by atoms with van der Waals surface area (Å²) in [6.07, 6.45) is -4.88. The van der Waals surface area contributed by atoms with Crippen LogP contribution in [0.3, 0.4) is 0 Å². The van der Waals surface area contributed by atoms with Gasteiger partial charge in [-0.25, -0.2) is 4.98 Å². The van der Waals surface area contributed by atoms with Crippen LogP contribution < -0.4 is 4.74 Å². The molecule has 22 heavy (non-hydrogen) atoms. The van der Waals surface area contributed by atoms with Crippen molar-refractivity contribution in [2.75, 3.05) is 13.2 Å². The second-order valence-corrected chi connectivity index (χ2v) is 5.36. The van der Waals surface area contributed by atoms with E-state index in [4.69, 9.17) is 21.9 Å². The predicted molar refractivity (Wildman–Crippen MR) is 70.7 cm³/mol. The van der Waals surface area contributed by atoms with Gasteiger partial charge < -0.3 is 4.74 Å². The van der Waals surface area contributed by atoms with Gasteiger partial charge in [0.05, 0.1) is 12.3 Å². The maximum absolute atomic E-state index is 12.8. The molecule has 0 spiro atoms. The van der Waals surface area contributed by atoms with Crippen LogP contribution in [0.1, 0.15) is 24.2 Å². The lowest BCUT2D eigenvalue weighted by molar-refractivity contribution is -0.149. The highest BCUT2D eigenvalue weighted by Gasteiger charge is 2.46. The van der Waals surface area contributed by atoms with Crippen molar-refractivity contribution in [2.24, 2.45) is 10.3 Å². The average molecular weight is 336 g/mol. The van der Waals surface area contributed by atoms with Crippen LogP contribution in [-0.4, -0.2) is 24.3 Å². The molecule has 2 heterocycles. The lowest BCUT2D eigenvalue weighted by Crippen LogP contribution is -2.28. The van der Waals surface area contributed by atoms with Gasteiger partial charge in [-0.2, -0.15) is 13.2 Å². The van der Waals surface area contributed by atoms with Gasteiger partial charge in [0.2, 0.25) is 6.04 Å². The molecule has 0 saturated heterocycles. The number of aromatic nitrogens is 1. The number of azide groups is 1. The fourth-order valence-electron chi connectivity index (χ4n) is 2.16. The molecule has 118 valence electrons. The summed E-state index contributed by atoms with van der Waals surface area (Å²) in [4.78, 5) is 16.7. The highest BCUT2D eigenvalue weighted by Crippen LogP contribution is 2.45. The van der Waals surface area contributed by atoms with Crippen LogP contribution in [0.15, 0.2) is 16.4 Å². The highest BCUT2D eigenvalue weighted by molar-refractivity contribution is 6.31. The molecule has 0 aromatic carbocycles. The van der Waals surface area contributed by atoms with Gasteiger partial charge in [-0.15, -0.1) is 4.91 Å². The first kappa shape index (κ1) is 16.3. The zero-order valence-electron chi connectivity index (χ0n) is 11.1. The van der Waals surface area contributed by atoms with E-state index in [2.05, 4.69) is 20.2 Å². The van der Waals surface area contributed by atoms with Crippen molar-refractivity contribution in [1.29, 1.82) is 0 Å². The third-order valence-electron chi connectivity index (χ3n) is 3.32. The molecule has 1 aromatic heterocycles. The summed E-state index contributed by atoms with van der Waals surface area (Å²) < 4.78 is 43.8. The summed E-state index contributed by atoms with van der Waals surface area (Å²) in [5.74, 6) is 0.118. The predicted octanol–water partition coefficient (Wildman–Crippen LogP) is 4.07. The molecule has 1 aliphatic heterocycles. The first-order valence-electron chi connectivity index (χ1n) is 5.96. The summed E-state index contributed by atoms with van der Waals surface area (Å²) in [6, 6.07) is -1.56. The van der Waals surface area contributed by atoms with Crippen molar-refractivity contribution in [3.05, 3.63) is 37.8 Å². The number of fused-ring (bicyclic) bond motifs is 1. The Balaban J connectivity index is 2.55. The average Bonchev–Trinajstić information content (AvgIpc) is 2.75. The fraction of sp³-hybridized carbons (Fsp3) is 0.545. The summed E-state index contributed by atoms with van der Waals surface area (Å²) >= 11 is 5.84. The van der Waals surface area contributed by atoms with Gasteiger partial charge in [0.25, 0.3) is 0 Å². The van der Waals surface area contributed by atoms with Gasteiger partial charge in [0.1, 0.15) is 0 Å². The van der Waals surface area contributed by atoms with Gasteiger partial charge in [-0.1, -0.05) is 28.8 Å². The Morgan fingerprint density at radius 3 is 2.86 bits per heavy atom. The molecule has 1 aromatic rings. The molecule has 0 aliphatic carbocycles. The summed E-state index contributed by atoms with van der Waals surface area (Å²) in [7, 11) is 0. The third-order valence-corrected chi connectivity index (χ3v) is 3.57. The third kappa shape index (κ3) is 2.79. The molecule has 1 aliphatic rings. The largest absolute Gasteiger partial charge is 0.489 e. The number of alkyl halides is 3. The highest BCUT2D eigenvalue weighted by atomic mass is 35.5. The van der Waals surface area contributed by atoms with E-state index in [0.717, 1.165) is 6.07 Å². The van der Waals surface area contributed by atoms with Crippen molar-refractivity contribution in [3.63, 3.8) is 0 Å². The SMILES string of the molecule is CC1(CN=[N+]=[N-])COc2c1cc(C(N=O)C(F)(F)F)nc2Cl. The minimum Gasteiger partial charge on any atom is -0.489 e. The molecule has 2 unspecified atom stereocenters. The van der Waals surface area contributed by atoms with E-state index in [9.17, 15) is 18.1 Å². The molecule has 0 N–H and O–H groups in total. The summed E-state index contributed by atoms with van der Waals surface area (Å²) in [5.41, 5.74) is 7.22. The molecular weight excluding hydrogens is 327 g/mol. The second-order valence-electron chi connectivity index (χ2n) is 5.00. The van der Waals surface area contributed by atoms with Gasteiger partial charge in [-0.3, -0.25) is 0 Å². The van der Waals surface area contributed by atoms with E-state index >= 15 is 0 Å². The Labute approximate surface area is 127 Å². The van der Waals surface area contributed by atoms with Gasteiger partial charge in [-0.05, 0) is 11.6 Å². The molecule has 0 amide bonds. The lowest BCUT2D eigenvalue weighted by Gasteiger charge is -2.21. The van der Waals surface area contributed by atoms with Crippen molar-refractivity contribution in [2.45, 2.75) is 24.6 Å². The Morgan fingerprint density at radius 1 is 1.64 bits per heavy atom. The summed E-state index contributed by atoms with van der Waals surface area (Å²) in [5, 5.41) is 5.22. The number of nitroso groups, excluding NO2 is 1. The topological polar surface area (TPSA) is 100 Å². The maximum atomic E-state index is 12.8. The smallest absolute Gasteiger partial charge is 0.420 e. The van der Waals surface area contributed by atoms with E-state index in [1.807, 2.05) is 0 Å². The Hall–Kier alpha value is -2.06. The lowest BCUT2D eigenvalue weighted by atomic mass is 9.84. The number of rotatable bonds is 4. The molecular formula is C11H9ClF3N5O2. The van der Waals surface area contributed by atoms with Crippen LogP contribution in [0.2, 0.25) is 5.15 Å². The molecule has 11 heteroatoms. The van der Waals surface area contributed by atoms with E-state index in [1.165, 1.54) is 0 Å². The molecule has 0 bridgehead atoms. The second kappa shape index (κ2) is 5.62. The quantitative estimate of drug-likeness (QED) is 0.272. The van der Waals surface area contributed by atoms with Gasteiger partial charge in [0, 0.05) is 22.4 Å². The maximum Gasteiger partial charge on any atom is 0.420 e. The van der Waals surface area contributed by atoms with E-state index < -0.39 is 23.3 Å². The van der Waals surface area contributed by atoms with Crippen molar-refractivity contribution >= 4 is 11.6 Å². The molecule has 0 radical (unpaired) electrons. The minimum atomic E-state index is -4.88. The monoisotopic (exact) mass is 335 g/mol. The molecule has 7 nitrogen and oxygen atoms in total. The van der Waals surface area contributed by atoms with Gasteiger partial charge >= 0.3 is 6.18 Å². The Morgan fingerprint density at radius 2 is 2.32 bits per heavy atom. The van der Waals surface area contributed by atoms with Crippen molar-refractivity contribution in [3.8, 4) is 5.75 Å². The van der Waals surface area contributed by atoms with Gasteiger partial charge in [0.15, 0.2) is 10.9 Å². The van der Waals surface area contributed by atoms with E-state index in [-0.39, 0.29) is 24.1 Å². The van der Waals surface area contributed by atoms with Crippen molar-refractivity contribution in [1.82, 2.24) is 4.98 Å². The zero-order chi connectivity index (χ0) is 16.5. The Kier molecular flexibility index (Phi) is 4.17. The van der Waals surface area contributed by atoms with E-state index in [1.54, 1.807) is 6.92 Å². The van der Waals surface area contributed by atoms with Crippen LogP contribution in [0.5, 0.6) is 5.75 Å².